The minimum atomic E-state index is 0. The minimum Gasteiger partial charge on any atom is -0.337 e. The molecule has 1 heterocycles. The zero-order valence-corrected chi connectivity index (χ0v) is 15.7. The van der Waals surface area contributed by atoms with E-state index in [1.165, 1.54) is 0 Å². The average Bonchev–Trinajstić information content (AvgIpc) is 2.59. The van der Waals surface area contributed by atoms with Crippen molar-refractivity contribution in [2.24, 2.45) is 5.73 Å². The SMILES string of the molecule is Cl.NCCCN(Cc1ccccc1)C(=O)CN1CCCCCCC1=O. The van der Waals surface area contributed by atoms with Crippen LogP contribution in [0.15, 0.2) is 30.3 Å². The molecule has 0 saturated carbocycles. The van der Waals surface area contributed by atoms with Crippen molar-refractivity contribution in [1.82, 2.24) is 9.80 Å². The monoisotopic (exact) mass is 367 g/mol. The number of amides is 2. The van der Waals surface area contributed by atoms with Gasteiger partial charge in [-0.05, 0) is 31.4 Å². The molecule has 1 aromatic rings. The summed E-state index contributed by atoms with van der Waals surface area (Å²) in [6.45, 7) is 2.64. The molecule has 0 bridgehead atoms. The first-order chi connectivity index (χ1) is 11.7. The van der Waals surface area contributed by atoms with Gasteiger partial charge in [-0.1, -0.05) is 43.2 Å². The summed E-state index contributed by atoms with van der Waals surface area (Å²) >= 11 is 0. The van der Waals surface area contributed by atoms with Crippen molar-refractivity contribution in [3.63, 3.8) is 0 Å². The van der Waals surface area contributed by atoms with Gasteiger partial charge < -0.3 is 15.5 Å². The maximum absolute atomic E-state index is 12.8. The number of hydrogen-bond donors (Lipinski definition) is 1. The molecule has 0 unspecified atom stereocenters. The van der Waals surface area contributed by atoms with Crippen LogP contribution in [0.3, 0.4) is 0 Å². The topological polar surface area (TPSA) is 66.6 Å². The normalized spacial score (nSPS) is 15.1. The summed E-state index contributed by atoms with van der Waals surface area (Å²) in [5.41, 5.74) is 6.71. The van der Waals surface area contributed by atoms with Gasteiger partial charge in [0.05, 0.1) is 6.54 Å². The van der Waals surface area contributed by atoms with E-state index in [0.29, 0.717) is 32.6 Å². The summed E-state index contributed by atoms with van der Waals surface area (Å²) in [6, 6.07) is 9.95. The molecule has 2 rings (SSSR count). The Morgan fingerprint density at radius 2 is 1.84 bits per heavy atom. The highest BCUT2D eigenvalue weighted by Gasteiger charge is 2.21. The van der Waals surface area contributed by atoms with E-state index in [-0.39, 0.29) is 30.8 Å². The first-order valence-electron chi connectivity index (χ1n) is 9.00. The summed E-state index contributed by atoms with van der Waals surface area (Å²) in [4.78, 5) is 28.6. The molecule has 0 spiro atoms. The molecule has 1 saturated heterocycles. The van der Waals surface area contributed by atoms with Crippen LogP contribution in [0.4, 0.5) is 0 Å². The molecule has 5 nitrogen and oxygen atoms in total. The Bertz CT molecular complexity index is 525. The average molecular weight is 368 g/mol. The Labute approximate surface area is 157 Å². The summed E-state index contributed by atoms with van der Waals surface area (Å²) in [7, 11) is 0. The van der Waals surface area contributed by atoms with Gasteiger partial charge in [-0.3, -0.25) is 9.59 Å². The summed E-state index contributed by atoms with van der Waals surface area (Å²) < 4.78 is 0. The van der Waals surface area contributed by atoms with Crippen LogP contribution in [0.1, 0.15) is 44.1 Å². The van der Waals surface area contributed by atoms with E-state index >= 15 is 0 Å². The smallest absolute Gasteiger partial charge is 0.242 e. The largest absolute Gasteiger partial charge is 0.337 e. The van der Waals surface area contributed by atoms with Crippen molar-refractivity contribution < 1.29 is 9.59 Å². The molecule has 2 N–H and O–H groups in total. The second-order valence-corrected chi connectivity index (χ2v) is 6.42. The Balaban J connectivity index is 0.00000312. The van der Waals surface area contributed by atoms with Crippen molar-refractivity contribution in [2.75, 3.05) is 26.2 Å². The van der Waals surface area contributed by atoms with E-state index in [2.05, 4.69) is 0 Å². The summed E-state index contributed by atoms with van der Waals surface area (Å²) in [5.74, 6) is 0.128. The Morgan fingerprint density at radius 3 is 2.56 bits per heavy atom. The maximum atomic E-state index is 12.8. The Hall–Kier alpha value is -1.59. The molecule has 1 aliphatic rings. The van der Waals surface area contributed by atoms with Crippen molar-refractivity contribution in [3.8, 4) is 0 Å². The van der Waals surface area contributed by atoms with Crippen molar-refractivity contribution in [2.45, 2.75) is 45.1 Å². The molecule has 25 heavy (non-hydrogen) atoms. The van der Waals surface area contributed by atoms with E-state index in [4.69, 9.17) is 5.73 Å². The number of benzene rings is 1. The predicted octanol–water partition coefficient (Wildman–Crippen LogP) is 2.58. The van der Waals surface area contributed by atoms with Crippen molar-refractivity contribution >= 4 is 24.2 Å². The minimum absolute atomic E-state index is 0. The first-order valence-corrected chi connectivity index (χ1v) is 9.00. The third-order valence-corrected chi connectivity index (χ3v) is 4.45. The number of nitrogens with zero attached hydrogens (tertiary/aromatic N) is 2. The van der Waals surface area contributed by atoms with E-state index in [0.717, 1.165) is 37.7 Å². The second-order valence-electron chi connectivity index (χ2n) is 6.42. The lowest BCUT2D eigenvalue weighted by Gasteiger charge is -2.29. The lowest BCUT2D eigenvalue weighted by atomic mass is 10.1. The van der Waals surface area contributed by atoms with E-state index < -0.39 is 0 Å². The van der Waals surface area contributed by atoms with Crippen LogP contribution in [0, 0.1) is 0 Å². The van der Waals surface area contributed by atoms with E-state index in [1.54, 1.807) is 4.90 Å². The highest BCUT2D eigenvalue weighted by molar-refractivity contribution is 5.85. The molecule has 0 aromatic heterocycles. The Morgan fingerprint density at radius 1 is 1.12 bits per heavy atom. The molecule has 0 atom stereocenters. The zero-order chi connectivity index (χ0) is 17.2. The Kier molecular flexibility index (Phi) is 10.2. The standard InChI is InChI=1S/C19H29N3O2.ClH/c20-12-8-14-21(15-17-9-4-3-5-10-17)19(24)16-22-13-7-2-1-6-11-18(22)23;/h3-5,9-10H,1-2,6-8,11-16,20H2;1H. The maximum Gasteiger partial charge on any atom is 0.242 e. The van der Waals surface area contributed by atoms with E-state index in [9.17, 15) is 9.59 Å². The fourth-order valence-corrected chi connectivity index (χ4v) is 3.02. The molecule has 1 aliphatic heterocycles. The third-order valence-electron chi connectivity index (χ3n) is 4.45. The molecule has 1 aromatic carbocycles. The van der Waals surface area contributed by atoms with Crippen LogP contribution >= 0.6 is 12.4 Å². The van der Waals surface area contributed by atoms with Gasteiger partial charge in [0, 0.05) is 26.1 Å². The van der Waals surface area contributed by atoms with Gasteiger partial charge in [0.2, 0.25) is 11.8 Å². The van der Waals surface area contributed by atoms with Crippen LogP contribution in [-0.4, -0.2) is 47.8 Å². The van der Waals surface area contributed by atoms with E-state index in [1.807, 2.05) is 35.2 Å². The number of carbonyl (C=O) groups is 2. The number of likely N-dealkylation sites (tertiary alicyclic amines) is 1. The molecule has 6 heteroatoms. The number of hydrogen-bond acceptors (Lipinski definition) is 3. The lowest BCUT2D eigenvalue weighted by Crippen LogP contribution is -2.44. The van der Waals surface area contributed by atoms with Crippen LogP contribution in [0.25, 0.3) is 0 Å². The van der Waals surface area contributed by atoms with Gasteiger partial charge in [0.25, 0.3) is 0 Å². The lowest BCUT2D eigenvalue weighted by molar-refractivity contribution is -0.141. The van der Waals surface area contributed by atoms with Crippen LogP contribution in [-0.2, 0) is 16.1 Å². The fraction of sp³-hybridized carbons (Fsp3) is 0.579. The van der Waals surface area contributed by atoms with Gasteiger partial charge >= 0.3 is 0 Å². The molecular weight excluding hydrogens is 338 g/mol. The highest BCUT2D eigenvalue weighted by Crippen LogP contribution is 2.13. The number of nitrogens with two attached hydrogens (primary N) is 1. The van der Waals surface area contributed by atoms with Gasteiger partial charge in [-0.2, -0.15) is 0 Å². The zero-order valence-electron chi connectivity index (χ0n) is 14.9. The number of carbonyl (C=O) groups excluding carboxylic acids is 2. The van der Waals surface area contributed by atoms with Gasteiger partial charge in [0.15, 0.2) is 0 Å². The van der Waals surface area contributed by atoms with Crippen molar-refractivity contribution in [3.05, 3.63) is 35.9 Å². The highest BCUT2D eigenvalue weighted by atomic mass is 35.5. The van der Waals surface area contributed by atoms with Gasteiger partial charge in [-0.25, -0.2) is 0 Å². The van der Waals surface area contributed by atoms with Gasteiger partial charge in [0.1, 0.15) is 0 Å². The molecular formula is C19H30ClN3O2. The second kappa shape index (κ2) is 11.9. The van der Waals surface area contributed by atoms with Crippen molar-refractivity contribution in [1.29, 1.82) is 0 Å². The molecule has 140 valence electrons. The van der Waals surface area contributed by atoms with Crippen LogP contribution in [0.2, 0.25) is 0 Å². The van der Waals surface area contributed by atoms with Crippen LogP contribution in [0.5, 0.6) is 0 Å². The summed E-state index contributed by atoms with van der Waals surface area (Å²) in [5, 5.41) is 0. The van der Waals surface area contributed by atoms with Gasteiger partial charge in [-0.15, -0.1) is 12.4 Å². The molecule has 1 fully saturated rings. The summed E-state index contributed by atoms with van der Waals surface area (Å²) in [6.07, 6.45) is 5.51. The molecule has 0 aliphatic carbocycles. The molecule has 0 radical (unpaired) electrons. The predicted molar refractivity (Wildman–Crippen MR) is 102 cm³/mol. The number of rotatable bonds is 7. The fourth-order valence-electron chi connectivity index (χ4n) is 3.02. The number of halogens is 1. The quantitative estimate of drug-likeness (QED) is 0.805. The molecule has 2 amide bonds. The third kappa shape index (κ3) is 7.45. The first kappa shape index (κ1) is 21.5. The van der Waals surface area contributed by atoms with Crippen LogP contribution < -0.4 is 5.73 Å².